The second-order valence-electron chi connectivity index (χ2n) is 9.90. The van der Waals surface area contributed by atoms with Gasteiger partial charge >= 0.3 is 0 Å². The van der Waals surface area contributed by atoms with Gasteiger partial charge in [-0.2, -0.15) is 0 Å². The van der Waals surface area contributed by atoms with Gasteiger partial charge in [-0.05, 0) is 49.2 Å². The summed E-state index contributed by atoms with van der Waals surface area (Å²) in [5, 5.41) is 42.6. The van der Waals surface area contributed by atoms with Gasteiger partial charge in [0.1, 0.15) is 17.2 Å². The fourth-order valence-corrected chi connectivity index (χ4v) is 5.36. The number of aliphatic hydroxyl groups is 4. The molecule has 3 aliphatic heterocycles. The highest BCUT2D eigenvalue weighted by Crippen LogP contribution is 2.44. The predicted molar refractivity (Wildman–Crippen MR) is 138 cm³/mol. The van der Waals surface area contributed by atoms with Crippen molar-refractivity contribution in [2.45, 2.75) is 57.7 Å². The van der Waals surface area contributed by atoms with E-state index in [1.165, 1.54) is 18.2 Å². The highest BCUT2D eigenvalue weighted by atomic mass is 19.1. The molecule has 2 aromatic carbocycles. The van der Waals surface area contributed by atoms with Gasteiger partial charge in [0.05, 0.1) is 43.1 Å². The maximum absolute atomic E-state index is 13.9. The molecule has 0 radical (unpaired) electrons. The summed E-state index contributed by atoms with van der Waals surface area (Å²) in [6.45, 7) is 3.42. The first-order valence-corrected chi connectivity index (χ1v) is 11.8. The number of carbonyl (C=O) groups excluding carboxylic acids is 1. The third-order valence-corrected chi connectivity index (χ3v) is 7.26. The van der Waals surface area contributed by atoms with Gasteiger partial charge < -0.3 is 30.5 Å². The van der Waals surface area contributed by atoms with Crippen LogP contribution in [0.3, 0.4) is 0 Å². The number of amides is 1. The second kappa shape index (κ2) is 10.00. The standard InChI is InChI=1S/C27H29FN2O6.CH4/c1-27(2)18(10-22(36-27)23-17-9-16(28)7-8-19(17)29-26(23)35)15-5-3-14(4-6-15)11-30-20(12-31)24(33)25(34)21(30)13-32;/h3-10,20-21,24-25,31-34H,11-13H2,1-2H3,(H,29,35);1H4/b23-22+;/t20-,21?,24-,25-;/m1./s1. The summed E-state index contributed by atoms with van der Waals surface area (Å²) in [4.78, 5) is 14.4. The predicted octanol–water partition coefficient (Wildman–Crippen LogP) is 2.28. The Morgan fingerprint density at radius 2 is 1.65 bits per heavy atom. The molecule has 0 spiro atoms. The lowest BCUT2D eigenvalue weighted by molar-refractivity contribution is -0.111. The molecule has 8 nitrogen and oxygen atoms in total. The highest BCUT2D eigenvalue weighted by molar-refractivity contribution is 6.32. The Labute approximate surface area is 215 Å². The molecule has 37 heavy (non-hydrogen) atoms. The number of nitrogens with one attached hydrogen (secondary N) is 1. The Bertz CT molecular complexity index is 1240. The van der Waals surface area contributed by atoms with Gasteiger partial charge in [0.25, 0.3) is 5.91 Å². The summed E-state index contributed by atoms with van der Waals surface area (Å²) >= 11 is 0. The van der Waals surface area contributed by atoms with Crippen molar-refractivity contribution in [3.05, 3.63) is 76.8 Å². The van der Waals surface area contributed by atoms with Crippen molar-refractivity contribution in [1.82, 2.24) is 4.90 Å². The number of ether oxygens (including phenoxy) is 1. The lowest BCUT2D eigenvalue weighted by Gasteiger charge is -2.28. The van der Waals surface area contributed by atoms with Crippen molar-refractivity contribution in [2.75, 3.05) is 18.5 Å². The fraction of sp³-hybridized carbons (Fsp3) is 0.393. The van der Waals surface area contributed by atoms with Gasteiger partial charge in [0.2, 0.25) is 0 Å². The number of hydrogen-bond acceptors (Lipinski definition) is 7. The topological polar surface area (TPSA) is 122 Å². The molecule has 2 aromatic rings. The van der Waals surface area contributed by atoms with Crippen LogP contribution in [-0.2, 0) is 16.1 Å². The number of nitrogens with zero attached hydrogens (tertiary/aromatic N) is 1. The van der Waals surface area contributed by atoms with Crippen molar-refractivity contribution in [3.63, 3.8) is 0 Å². The second-order valence-corrected chi connectivity index (χ2v) is 9.90. The molecule has 0 aromatic heterocycles. The largest absolute Gasteiger partial charge is 0.482 e. The molecule has 198 valence electrons. The van der Waals surface area contributed by atoms with Gasteiger partial charge in [-0.15, -0.1) is 0 Å². The molecule has 0 saturated carbocycles. The molecule has 0 bridgehead atoms. The molecular formula is C28H33FN2O6. The maximum atomic E-state index is 13.9. The zero-order chi connectivity index (χ0) is 25.8. The molecule has 1 fully saturated rings. The fourth-order valence-electron chi connectivity index (χ4n) is 5.36. The number of allylic oxidation sites excluding steroid dienone is 1. The first kappa shape index (κ1) is 27.0. The number of likely N-dealkylation sites (tertiary alicyclic amines) is 1. The minimum absolute atomic E-state index is 0. The number of anilines is 1. The van der Waals surface area contributed by atoms with Crippen LogP contribution < -0.4 is 5.32 Å². The molecule has 5 rings (SSSR count). The summed E-state index contributed by atoms with van der Waals surface area (Å²) in [5.74, 6) is -0.413. The monoisotopic (exact) mass is 512 g/mol. The zero-order valence-electron chi connectivity index (χ0n) is 20.0. The van der Waals surface area contributed by atoms with Crippen LogP contribution in [0.25, 0.3) is 11.1 Å². The van der Waals surface area contributed by atoms with E-state index in [2.05, 4.69) is 5.32 Å². The van der Waals surface area contributed by atoms with E-state index in [9.17, 15) is 29.6 Å². The molecule has 3 aliphatic rings. The van der Waals surface area contributed by atoms with Crippen molar-refractivity contribution in [2.24, 2.45) is 0 Å². The molecule has 3 heterocycles. The quantitative estimate of drug-likeness (QED) is 0.390. The molecule has 9 heteroatoms. The van der Waals surface area contributed by atoms with Crippen LogP contribution in [0.4, 0.5) is 10.1 Å². The Morgan fingerprint density at radius 3 is 2.24 bits per heavy atom. The number of hydrogen-bond donors (Lipinski definition) is 5. The van der Waals surface area contributed by atoms with Crippen molar-refractivity contribution < 1.29 is 34.3 Å². The lowest BCUT2D eigenvalue weighted by Crippen LogP contribution is -2.42. The molecule has 1 saturated heterocycles. The Balaban J connectivity index is 0.00000320. The van der Waals surface area contributed by atoms with E-state index in [4.69, 9.17) is 4.74 Å². The third-order valence-electron chi connectivity index (χ3n) is 7.26. The van der Waals surface area contributed by atoms with Crippen LogP contribution in [0.1, 0.15) is 38.0 Å². The summed E-state index contributed by atoms with van der Waals surface area (Å²) in [7, 11) is 0. The van der Waals surface area contributed by atoms with Gasteiger partial charge in [0, 0.05) is 23.4 Å². The summed E-state index contributed by atoms with van der Waals surface area (Å²) in [6.07, 6.45) is -0.488. The van der Waals surface area contributed by atoms with E-state index >= 15 is 0 Å². The van der Waals surface area contributed by atoms with E-state index in [1.54, 1.807) is 11.0 Å². The van der Waals surface area contributed by atoms with Crippen LogP contribution in [0, 0.1) is 5.82 Å². The van der Waals surface area contributed by atoms with Gasteiger partial charge in [-0.3, -0.25) is 9.69 Å². The first-order chi connectivity index (χ1) is 17.1. The van der Waals surface area contributed by atoms with Crippen LogP contribution >= 0.6 is 0 Å². The summed E-state index contributed by atoms with van der Waals surface area (Å²) < 4.78 is 20.1. The van der Waals surface area contributed by atoms with E-state index in [0.717, 1.165) is 16.7 Å². The average Bonchev–Trinajstić information content (AvgIpc) is 3.41. The Kier molecular flexibility index (Phi) is 7.29. The average molecular weight is 513 g/mol. The summed E-state index contributed by atoms with van der Waals surface area (Å²) in [5.41, 5.74) is 3.14. The molecule has 1 amide bonds. The first-order valence-electron chi connectivity index (χ1n) is 11.8. The SMILES string of the molecule is C.CC1(C)O/C(=C2/C(=O)Nc3ccc(F)cc32)C=C1c1ccc(CN2C(CO)[C@@H](O)[C@H](O)[C@H]2CO)cc1. The number of halogens is 1. The van der Waals surface area contributed by atoms with E-state index in [0.29, 0.717) is 29.1 Å². The molecule has 4 atom stereocenters. The van der Waals surface area contributed by atoms with E-state index < -0.39 is 35.7 Å². The smallest absolute Gasteiger partial charge is 0.260 e. The highest BCUT2D eigenvalue weighted by Gasteiger charge is 2.46. The Hall–Kier alpha value is -3.08. The number of aliphatic hydroxyl groups excluding tert-OH is 4. The van der Waals surface area contributed by atoms with Gasteiger partial charge in [-0.25, -0.2) is 4.39 Å². The molecule has 0 aliphatic carbocycles. The van der Waals surface area contributed by atoms with E-state index in [1.807, 2.05) is 38.1 Å². The van der Waals surface area contributed by atoms with Crippen LogP contribution in [0.2, 0.25) is 0 Å². The van der Waals surface area contributed by atoms with Gasteiger partial charge in [0.15, 0.2) is 0 Å². The summed E-state index contributed by atoms with van der Waals surface area (Å²) in [6, 6.07) is 10.4. The molecular weight excluding hydrogens is 479 g/mol. The number of rotatable bonds is 5. The minimum atomic E-state index is -1.15. The van der Waals surface area contributed by atoms with Crippen molar-refractivity contribution >= 4 is 22.7 Å². The van der Waals surface area contributed by atoms with Gasteiger partial charge in [-0.1, -0.05) is 31.7 Å². The van der Waals surface area contributed by atoms with Crippen molar-refractivity contribution in [1.29, 1.82) is 0 Å². The number of fused-ring (bicyclic) bond motifs is 1. The number of benzene rings is 2. The molecule has 1 unspecified atom stereocenters. The van der Waals surface area contributed by atoms with E-state index in [-0.39, 0.29) is 26.5 Å². The number of carbonyl (C=O) groups is 1. The maximum Gasteiger partial charge on any atom is 0.260 e. The minimum Gasteiger partial charge on any atom is -0.482 e. The Morgan fingerprint density at radius 1 is 1.03 bits per heavy atom. The normalized spacial score (nSPS) is 28.4. The third kappa shape index (κ3) is 4.58. The van der Waals surface area contributed by atoms with Crippen LogP contribution in [-0.4, -0.2) is 74.3 Å². The zero-order valence-corrected chi connectivity index (χ0v) is 20.0. The van der Waals surface area contributed by atoms with Crippen LogP contribution in [0.5, 0.6) is 0 Å². The van der Waals surface area contributed by atoms with Crippen LogP contribution in [0.15, 0.2) is 54.3 Å². The lowest BCUT2D eigenvalue weighted by atomic mass is 9.91. The molecule has 5 N–H and O–H groups in total. The van der Waals surface area contributed by atoms with Crippen molar-refractivity contribution in [3.8, 4) is 0 Å².